The van der Waals surface area contributed by atoms with Gasteiger partial charge in [0.1, 0.15) is 0 Å². The monoisotopic (exact) mass is 403 g/mol. The van der Waals surface area contributed by atoms with Crippen LogP contribution >= 0.6 is 46.7 Å². The summed E-state index contributed by atoms with van der Waals surface area (Å²) in [5, 5.41) is 3.94. The van der Waals surface area contributed by atoms with Gasteiger partial charge in [-0.2, -0.15) is 11.8 Å². The molecule has 0 saturated carbocycles. The van der Waals surface area contributed by atoms with Crippen LogP contribution in [-0.2, 0) is 10.5 Å². The fourth-order valence-corrected chi connectivity index (χ4v) is 3.29. The van der Waals surface area contributed by atoms with Crippen LogP contribution in [0.15, 0.2) is 34.2 Å². The zero-order valence-electron chi connectivity index (χ0n) is 12.8. The van der Waals surface area contributed by atoms with E-state index in [2.05, 4.69) is 15.3 Å². The molecule has 1 aromatic heterocycles. The molecule has 128 valence electrons. The second-order valence-electron chi connectivity index (χ2n) is 4.64. The number of hydrogen-bond donors (Lipinski definition) is 2. The molecule has 1 amide bonds. The molecular weight excluding hydrogens is 389 g/mol. The highest BCUT2D eigenvalue weighted by atomic mass is 35.5. The van der Waals surface area contributed by atoms with Crippen molar-refractivity contribution in [3.63, 3.8) is 0 Å². The lowest BCUT2D eigenvalue weighted by atomic mass is 10.3. The number of benzene rings is 1. The van der Waals surface area contributed by atoms with E-state index in [1.807, 2.05) is 6.92 Å². The van der Waals surface area contributed by atoms with Crippen LogP contribution in [0, 0.1) is 0 Å². The van der Waals surface area contributed by atoms with Gasteiger partial charge in [0.2, 0.25) is 5.91 Å². The summed E-state index contributed by atoms with van der Waals surface area (Å²) >= 11 is 14.6. The first-order valence-corrected chi connectivity index (χ1v) is 9.93. The Morgan fingerprint density at radius 3 is 2.79 bits per heavy atom. The van der Waals surface area contributed by atoms with Crippen molar-refractivity contribution >= 4 is 58.3 Å². The average Bonchev–Trinajstić information content (AvgIpc) is 2.54. The van der Waals surface area contributed by atoms with Crippen molar-refractivity contribution in [1.29, 1.82) is 0 Å². The molecule has 0 aliphatic carbocycles. The highest BCUT2D eigenvalue weighted by molar-refractivity contribution is 7.99. The van der Waals surface area contributed by atoms with Gasteiger partial charge in [-0.3, -0.25) is 9.59 Å². The Bertz CT molecular complexity index is 784. The Hall–Kier alpha value is -1.15. The molecule has 0 saturated heterocycles. The first kappa shape index (κ1) is 19.2. The fourth-order valence-electron chi connectivity index (χ4n) is 1.74. The summed E-state index contributed by atoms with van der Waals surface area (Å²) in [6.45, 7) is 2.04. The maximum Gasteiger partial charge on any atom is 0.251 e. The maximum atomic E-state index is 12.0. The normalized spacial score (nSPS) is 10.6. The largest absolute Gasteiger partial charge is 0.325 e. The summed E-state index contributed by atoms with van der Waals surface area (Å²) in [6.07, 6.45) is 0. The van der Waals surface area contributed by atoms with Gasteiger partial charge < -0.3 is 10.3 Å². The van der Waals surface area contributed by atoms with E-state index >= 15 is 0 Å². The molecule has 0 fully saturated rings. The van der Waals surface area contributed by atoms with Crippen molar-refractivity contribution in [2.45, 2.75) is 17.8 Å². The Morgan fingerprint density at radius 2 is 2.08 bits per heavy atom. The van der Waals surface area contributed by atoms with E-state index in [9.17, 15) is 9.59 Å². The van der Waals surface area contributed by atoms with Crippen molar-refractivity contribution < 1.29 is 4.79 Å². The molecule has 0 aliphatic heterocycles. The summed E-state index contributed by atoms with van der Waals surface area (Å²) in [5.74, 6) is 1.51. The topological polar surface area (TPSA) is 74.8 Å². The number of carbonyl (C=O) groups excluding carboxylic acids is 1. The maximum absolute atomic E-state index is 12.0. The number of anilines is 1. The molecule has 2 aromatic rings. The van der Waals surface area contributed by atoms with Gasteiger partial charge in [-0.15, -0.1) is 0 Å². The van der Waals surface area contributed by atoms with Crippen LogP contribution in [0.4, 0.5) is 5.69 Å². The fraction of sp³-hybridized carbons (Fsp3) is 0.267. The van der Waals surface area contributed by atoms with Gasteiger partial charge in [0, 0.05) is 17.5 Å². The van der Waals surface area contributed by atoms with Crippen LogP contribution in [0.3, 0.4) is 0 Å². The van der Waals surface area contributed by atoms with Crippen LogP contribution in [0.2, 0.25) is 10.0 Å². The minimum atomic E-state index is -0.227. The lowest BCUT2D eigenvalue weighted by Gasteiger charge is -2.06. The predicted octanol–water partition coefficient (Wildman–Crippen LogP) is 4.06. The van der Waals surface area contributed by atoms with Gasteiger partial charge in [0.25, 0.3) is 5.56 Å². The third-order valence-corrected chi connectivity index (χ3v) is 5.29. The Kier molecular flexibility index (Phi) is 7.48. The van der Waals surface area contributed by atoms with Crippen molar-refractivity contribution in [2.24, 2.45) is 0 Å². The third-order valence-electron chi connectivity index (χ3n) is 2.77. The van der Waals surface area contributed by atoms with Gasteiger partial charge >= 0.3 is 0 Å². The van der Waals surface area contributed by atoms with Crippen LogP contribution < -0.4 is 10.9 Å². The van der Waals surface area contributed by atoms with E-state index in [0.29, 0.717) is 32.3 Å². The number of amides is 1. The minimum absolute atomic E-state index is 0.119. The summed E-state index contributed by atoms with van der Waals surface area (Å²) in [6, 6.07) is 6.33. The molecule has 5 nitrogen and oxygen atoms in total. The summed E-state index contributed by atoms with van der Waals surface area (Å²) in [7, 11) is 0. The lowest BCUT2D eigenvalue weighted by molar-refractivity contribution is -0.113. The molecule has 0 aliphatic rings. The predicted molar refractivity (Wildman–Crippen MR) is 103 cm³/mol. The number of H-pyrrole nitrogens is 1. The second kappa shape index (κ2) is 9.36. The van der Waals surface area contributed by atoms with E-state index in [-0.39, 0.29) is 17.2 Å². The first-order valence-electron chi connectivity index (χ1n) is 7.03. The zero-order chi connectivity index (χ0) is 17.5. The number of hydrogen-bond acceptors (Lipinski definition) is 5. The number of rotatable bonds is 7. The minimum Gasteiger partial charge on any atom is -0.325 e. The van der Waals surface area contributed by atoms with Crippen molar-refractivity contribution in [3.8, 4) is 0 Å². The number of carbonyl (C=O) groups is 1. The molecule has 24 heavy (non-hydrogen) atoms. The first-order chi connectivity index (χ1) is 11.5. The van der Waals surface area contributed by atoms with Crippen LogP contribution in [0.1, 0.15) is 12.6 Å². The second-order valence-corrected chi connectivity index (χ2v) is 7.70. The van der Waals surface area contributed by atoms with E-state index in [1.54, 1.807) is 30.0 Å². The quantitative estimate of drug-likeness (QED) is 0.538. The number of nitrogens with zero attached hydrogens (tertiary/aromatic N) is 1. The lowest BCUT2D eigenvalue weighted by Crippen LogP contribution is -2.15. The van der Waals surface area contributed by atoms with E-state index in [1.165, 1.54) is 17.8 Å². The highest BCUT2D eigenvalue weighted by Gasteiger charge is 2.08. The molecule has 0 radical (unpaired) electrons. The van der Waals surface area contributed by atoms with Crippen molar-refractivity contribution in [1.82, 2.24) is 9.97 Å². The van der Waals surface area contributed by atoms with E-state index in [4.69, 9.17) is 23.2 Å². The Morgan fingerprint density at radius 1 is 1.29 bits per heavy atom. The van der Waals surface area contributed by atoms with Crippen LogP contribution in [0.25, 0.3) is 0 Å². The molecule has 1 heterocycles. The Labute approximate surface area is 157 Å². The van der Waals surface area contributed by atoms with Gasteiger partial charge in [-0.1, -0.05) is 41.9 Å². The van der Waals surface area contributed by atoms with Gasteiger partial charge in [-0.25, -0.2) is 4.98 Å². The Balaban J connectivity index is 1.94. The zero-order valence-corrected chi connectivity index (χ0v) is 15.9. The van der Waals surface area contributed by atoms with E-state index in [0.717, 1.165) is 5.75 Å². The van der Waals surface area contributed by atoms with Crippen molar-refractivity contribution in [2.75, 3.05) is 16.8 Å². The molecule has 1 aromatic carbocycles. The summed E-state index contributed by atoms with van der Waals surface area (Å²) in [5.41, 5.74) is 1.05. The summed E-state index contributed by atoms with van der Waals surface area (Å²) < 4.78 is 0. The highest BCUT2D eigenvalue weighted by Crippen LogP contribution is 2.25. The molecule has 0 atom stereocenters. The molecular formula is C15H15Cl2N3O2S2. The molecule has 0 bridgehead atoms. The SMILES string of the molecule is CCSCc1cc(=O)[nH]c(SCC(=O)Nc2ccc(Cl)c(Cl)c2)n1. The smallest absolute Gasteiger partial charge is 0.251 e. The van der Waals surface area contributed by atoms with E-state index < -0.39 is 0 Å². The third kappa shape index (κ3) is 6.05. The molecule has 2 N–H and O–H groups in total. The number of aromatic nitrogens is 2. The van der Waals surface area contributed by atoms with Gasteiger partial charge in [0.05, 0.1) is 21.5 Å². The molecule has 0 spiro atoms. The van der Waals surface area contributed by atoms with Gasteiger partial charge in [0.15, 0.2) is 5.16 Å². The van der Waals surface area contributed by atoms with Crippen LogP contribution in [0.5, 0.6) is 0 Å². The molecule has 0 unspecified atom stereocenters. The average molecular weight is 404 g/mol. The number of halogens is 2. The van der Waals surface area contributed by atoms with Gasteiger partial charge in [-0.05, 0) is 24.0 Å². The van der Waals surface area contributed by atoms with Crippen LogP contribution in [-0.4, -0.2) is 27.4 Å². The number of thioether (sulfide) groups is 2. The standard InChI is InChI=1S/C15H15Cl2N3O2S2/c1-2-23-7-10-6-13(21)20-15(19-10)24-8-14(22)18-9-3-4-11(16)12(17)5-9/h3-6H,2,7-8H2,1H3,(H,18,22)(H,19,20,21). The molecule has 2 rings (SSSR count). The van der Waals surface area contributed by atoms with Crippen molar-refractivity contribution in [3.05, 3.63) is 50.4 Å². The molecule has 9 heteroatoms. The number of aromatic amines is 1. The summed E-state index contributed by atoms with van der Waals surface area (Å²) in [4.78, 5) is 30.6. The number of nitrogens with one attached hydrogen (secondary N) is 2.